The van der Waals surface area contributed by atoms with E-state index in [0.717, 1.165) is 32.1 Å². The number of carboxylic acids is 1. The molecule has 0 spiro atoms. The highest BCUT2D eigenvalue weighted by Gasteiger charge is 2.48. The molecule has 0 aliphatic heterocycles. The van der Waals surface area contributed by atoms with Crippen LogP contribution in [0.25, 0.3) is 0 Å². The summed E-state index contributed by atoms with van der Waals surface area (Å²) < 4.78 is 44.4. The first-order valence-corrected chi connectivity index (χ1v) is 12.3. The van der Waals surface area contributed by atoms with Gasteiger partial charge in [-0.15, -0.1) is 0 Å². The largest absolute Gasteiger partial charge is 0.544 e. The number of hydrogen-bond acceptors (Lipinski definition) is 7. The van der Waals surface area contributed by atoms with Crippen LogP contribution in [0.1, 0.15) is 88.4 Å². The first-order valence-electron chi connectivity index (χ1n) is 12.3. The van der Waals surface area contributed by atoms with E-state index < -0.39 is 41.6 Å². The van der Waals surface area contributed by atoms with Gasteiger partial charge in [0.05, 0.1) is 5.56 Å². The van der Waals surface area contributed by atoms with E-state index >= 15 is 0 Å². The Hall–Kier alpha value is -2.71. The molecule has 2 fully saturated rings. The van der Waals surface area contributed by atoms with Crippen molar-refractivity contribution >= 4 is 18.1 Å². The van der Waals surface area contributed by atoms with Gasteiger partial charge in [0.1, 0.15) is 17.3 Å². The monoisotopic (exact) mass is 495 g/mol. The van der Waals surface area contributed by atoms with Crippen LogP contribution in [0, 0.1) is 11.8 Å². The molecule has 194 valence electrons. The third kappa shape index (κ3) is 6.92. The van der Waals surface area contributed by atoms with Crippen molar-refractivity contribution < 1.29 is 42.5 Å². The minimum absolute atomic E-state index is 0.0804. The SMILES string of the molecule is CC(C)(OC(=O)Oc1ccc(C(=O)OC(C2CCCCC2)C(F)(F)C(=O)[O-])cc1)C1CCCCC1. The van der Waals surface area contributed by atoms with Gasteiger partial charge in [-0.2, -0.15) is 8.78 Å². The molecule has 1 aromatic rings. The van der Waals surface area contributed by atoms with Gasteiger partial charge in [0.15, 0.2) is 6.10 Å². The smallest absolute Gasteiger partial charge is 0.514 e. The second-order valence-corrected chi connectivity index (χ2v) is 10.1. The van der Waals surface area contributed by atoms with Crippen LogP contribution in [0.5, 0.6) is 5.75 Å². The molecule has 9 heteroatoms. The Morgan fingerprint density at radius 1 is 0.914 bits per heavy atom. The molecule has 0 N–H and O–H groups in total. The van der Waals surface area contributed by atoms with Crippen molar-refractivity contribution in [1.29, 1.82) is 0 Å². The van der Waals surface area contributed by atoms with E-state index in [1.807, 2.05) is 13.8 Å². The van der Waals surface area contributed by atoms with Crippen LogP contribution in [0.3, 0.4) is 0 Å². The topological polar surface area (TPSA) is 102 Å². The second kappa shape index (κ2) is 11.4. The minimum atomic E-state index is -4.31. The fourth-order valence-corrected chi connectivity index (χ4v) is 5.07. The number of carbonyl (C=O) groups excluding carboxylic acids is 3. The van der Waals surface area contributed by atoms with Crippen LogP contribution >= 0.6 is 0 Å². The molecular weight excluding hydrogens is 462 g/mol. The van der Waals surface area contributed by atoms with E-state index in [2.05, 4.69) is 0 Å². The molecule has 35 heavy (non-hydrogen) atoms. The Kier molecular flexibility index (Phi) is 8.72. The van der Waals surface area contributed by atoms with Crippen LogP contribution in [0.4, 0.5) is 13.6 Å². The number of esters is 1. The number of alkyl halides is 2. The molecule has 1 aromatic carbocycles. The first-order chi connectivity index (χ1) is 16.5. The maximum Gasteiger partial charge on any atom is 0.514 e. The Labute approximate surface area is 204 Å². The van der Waals surface area contributed by atoms with Crippen LogP contribution in [-0.2, 0) is 14.3 Å². The molecule has 1 unspecified atom stereocenters. The van der Waals surface area contributed by atoms with E-state index in [-0.39, 0.29) is 17.2 Å². The Balaban J connectivity index is 1.62. The van der Waals surface area contributed by atoms with Gasteiger partial charge < -0.3 is 24.1 Å². The summed E-state index contributed by atoms with van der Waals surface area (Å²) in [5.41, 5.74) is -0.761. The fourth-order valence-electron chi connectivity index (χ4n) is 5.07. The highest BCUT2D eigenvalue weighted by molar-refractivity contribution is 5.90. The lowest BCUT2D eigenvalue weighted by Gasteiger charge is -2.35. The maximum atomic E-state index is 14.3. The van der Waals surface area contributed by atoms with Crippen molar-refractivity contribution in [3.8, 4) is 5.75 Å². The van der Waals surface area contributed by atoms with Crippen LogP contribution in [-0.4, -0.2) is 35.7 Å². The molecule has 0 aromatic heterocycles. The third-order valence-corrected chi connectivity index (χ3v) is 7.17. The van der Waals surface area contributed by atoms with Gasteiger partial charge in [0.2, 0.25) is 0 Å². The standard InChI is InChI=1S/C26H34F2O7/c1-25(2,19-11-7-4-8-12-19)35-24(32)33-20-15-13-18(14-16-20)22(29)34-21(26(27,28)23(30)31)17-9-5-3-6-10-17/h13-17,19,21H,3-12H2,1-2H3,(H,30,31)/p-1. The van der Waals surface area contributed by atoms with Gasteiger partial charge in [-0.25, -0.2) is 9.59 Å². The maximum absolute atomic E-state index is 14.3. The second-order valence-electron chi connectivity index (χ2n) is 10.1. The summed E-state index contributed by atoms with van der Waals surface area (Å²) in [4.78, 5) is 35.9. The minimum Gasteiger partial charge on any atom is -0.544 e. The van der Waals surface area contributed by atoms with E-state index in [1.165, 1.54) is 30.7 Å². The van der Waals surface area contributed by atoms with Crippen molar-refractivity contribution in [3.05, 3.63) is 29.8 Å². The molecule has 2 aliphatic carbocycles. The van der Waals surface area contributed by atoms with Crippen LogP contribution < -0.4 is 9.84 Å². The normalized spacial score (nSPS) is 19.0. The molecule has 0 saturated heterocycles. The fraction of sp³-hybridized carbons (Fsp3) is 0.654. The molecule has 7 nitrogen and oxygen atoms in total. The van der Waals surface area contributed by atoms with E-state index in [0.29, 0.717) is 25.7 Å². The van der Waals surface area contributed by atoms with Crippen LogP contribution in [0.15, 0.2) is 24.3 Å². The van der Waals surface area contributed by atoms with E-state index in [9.17, 15) is 28.3 Å². The summed E-state index contributed by atoms with van der Waals surface area (Å²) >= 11 is 0. The van der Waals surface area contributed by atoms with Gasteiger partial charge in [-0.1, -0.05) is 38.5 Å². The molecule has 0 bridgehead atoms. The highest BCUT2D eigenvalue weighted by atomic mass is 19.3. The van der Waals surface area contributed by atoms with Crippen molar-refractivity contribution in [2.75, 3.05) is 0 Å². The number of rotatable bonds is 8. The summed E-state index contributed by atoms with van der Waals surface area (Å²) in [6.45, 7) is 3.71. The lowest BCUT2D eigenvalue weighted by Crippen LogP contribution is -2.54. The lowest BCUT2D eigenvalue weighted by atomic mass is 9.79. The quantitative estimate of drug-likeness (QED) is 0.367. The zero-order chi connectivity index (χ0) is 25.6. The average Bonchev–Trinajstić information content (AvgIpc) is 2.83. The molecule has 0 heterocycles. The van der Waals surface area contributed by atoms with Crippen LogP contribution in [0.2, 0.25) is 0 Å². The predicted octanol–water partition coefficient (Wildman–Crippen LogP) is 5.05. The highest BCUT2D eigenvalue weighted by Crippen LogP contribution is 2.37. The number of ether oxygens (including phenoxy) is 3. The van der Waals surface area contributed by atoms with Crippen molar-refractivity contribution in [1.82, 2.24) is 0 Å². The molecular formula is C26H33F2O7-. The van der Waals surface area contributed by atoms with Crippen molar-refractivity contribution in [2.45, 2.75) is 95.7 Å². The Morgan fingerprint density at radius 3 is 2.00 bits per heavy atom. The van der Waals surface area contributed by atoms with Gasteiger partial charge in [0.25, 0.3) is 0 Å². The molecule has 2 aliphatic rings. The lowest BCUT2D eigenvalue weighted by molar-refractivity contribution is -0.337. The summed E-state index contributed by atoms with van der Waals surface area (Å²) in [6.07, 6.45) is 5.19. The number of hydrogen-bond donors (Lipinski definition) is 0. The average molecular weight is 496 g/mol. The van der Waals surface area contributed by atoms with E-state index in [4.69, 9.17) is 14.2 Å². The summed E-state index contributed by atoms with van der Waals surface area (Å²) in [5, 5.41) is 11.1. The van der Waals surface area contributed by atoms with Gasteiger partial charge in [-0.05, 0) is 69.7 Å². The zero-order valence-electron chi connectivity index (χ0n) is 20.2. The number of benzene rings is 1. The third-order valence-electron chi connectivity index (χ3n) is 7.17. The zero-order valence-corrected chi connectivity index (χ0v) is 20.2. The predicted molar refractivity (Wildman–Crippen MR) is 120 cm³/mol. The Bertz CT molecular complexity index is 885. The molecule has 2 saturated carbocycles. The van der Waals surface area contributed by atoms with Gasteiger partial charge in [-0.3, -0.25) is 0 Å². The Morgan fingerprint density at radius 2 is 1.46 bits per heavy atom. The number of halogens is 2. The number of carbonyl (C=O) groups is 3. The number of carboxylic acid groups (broad SMARTS) is 1. The number of aliphatic carboxylic acids is 1. The molecule has 3 rings (SSSR count). The molecule has 0 amide bonds. The summed E-state index contributed by atoms with van der Waals surface area (Å²) in [7, 11) is 0. The van der Waals surface area contributed by atoms with Gasteiger partial charge >= 0.3 is 18.0 Å². The summed E-state index contributed by atoms with van der Waals surface area (Å²) in [5.74, 6) is -8.39. The van der Waals surface area contributed by atoms with E-state index in [1.54, 1.807) is 0 Å². The van der Waals surface area contributed by atoms with Gasteiger partial charge in [0, 0.05) is 5.92 Å². The molecule has 0 radical (unpaired) electrons. The van der Waals surface area contributed by atoms with Crippen molar-refractivity contribution in [2.24, 2.45) is 11.8 Å². The first kappa shape index (κ1) is 26.9. The summed E-state index contributed by atoms with van der Waals surface area (Å²) in [6, 6.07) is 5.15. The molecule has 1 atom stereocenters. The van der Waals surface area contributed by atoms with Crippen molar-refractivity contribution in [3.63, 3.8) is 0 Å².